The molecule has 0 radical (unpaired) electrons. The predicted octanol–water partition coefficient (Wildman–Crippen LogP) is 3.93. The zero-order valence-electron chi connectivity index (χ0n) is 20.0. The summed E-state index contributed by atoms with van der Waals surface area (Å²) < 4.78 is 5.45. The topological polar surface area (TPSA) is 93.4 Å². The Kier molecular flexibility index (Phi) is 5.46. The number of benzene rings is 1. The van der Waals surface area contributed by atoms with Crippen molar-refractivity contribution in [2.75, 3.05) is 23.7 Å². The molecule has 1 saturated heterocycles. The number of hydrogen-bond donors (Lipinski definition) is 2. The number of alkyl carbamates (subject to hydrolysis) is 1. The molecule has 2 heterocycles. The molecule has 5 rings (SSSR count). The Labute approximate surface area is 196 Å². The number of rotatable bonds is 2. The summed E-state index contributed by atoms with van der Waals surface area (Å²) in [6, 6.07) is 8.82. The number of ether oxygens (including phenoxy) is 1. The molecule has 2 aliphatic carbocycles. The lowest BCUT2D eigenvalue weighted by Gasteiger charge is -2.31. The molecule has 1 aromatic heterocycles. The van der Waals surface area contributed by atoms with E-state index in [0.717, 1.165) is 56.6 Å². The first kappa shape index (κ1) is 22.0. The van der Waals surface area contributed by atoms with Gasteiger partial charge in [0.15, 0.2) is 0 Å². The Balaban J connectivity index is 1.42. The van der Waals surface area contributed by atoms with Gasteiger partial charge in [0.05, 0.1) is 11.7 Å². The number of nitrogens with zero attached hydrogens (tertiary/aromatic N) is 3. The van der Waals surface area contributed by atoms with Crippen LogP contribution in [-0.2, 0) is 29.4 Å². The first-order valence-electron chi connectivity index (χ1n) is 12.2. The van der Waals surface area contributed by atoms with Crippen molar-refractivity contribution in [2.24, 2.45) is 0 Å². The van der Waals surface area contributed by atoms with Gasteiger partial charge in [-0.2, -0.15) is 4.98 Å². The molecule has 1 aromatic carbocycles. The third-order valence-electron chi connectivity index (χ3n) is 7.22. The summed E-state index contributed by atoms with van der Waals surface area (Å²) in [5.74, 6) is 1.31. The zero-order chi connectivity index (χ0) is 23.2. The monoisotopic (exact) mass is 449 g/mol. The number of carbonyl (C=O) groups excluding carboxylic acids is 1. The van der Waals surface area contributed by atoms with Gasteiger partial charge in [-0.1, -0.05) is 30.7 Å². The number of fused-ring (bicyclic) bond motifs is 3. The van der Waals surface area contributed by atoms with E-state index in [1.54, 1.807) is 0 Å². The molecule has 3 aliphatic rings. The highest BCUT2D eigenvalue weighted by molar-refractivity contribution is 5.68. The summed E-state index contributed by atoms with van der Waals surface area (Å²) in [6.07, 6.45) is 6.97. The van der Waals surface area contributed by atoms with Crippen LogP contribution in [0.25, 0.3) is 0 Å². The second-order valence-electron chi connectivity index (χ2n) is 10.9. The van der Waals surface area contributed by atoms with Crippen molar-refractivity contribution in [3.8, 4) is 0 Å². The van der Waals surface area contributed by atoms with Gasteiger partial charge in [0.1, 0.15) is 11.4 Å². The largest absolute Gasteiger partial charge is 0.444 e. The van der Waals surface area contributed by atoms with E-state index in [2.05, 4.69) is 34.5 Å². The van der Waals surface area contributed by atoms with Crippen LogP contribution in [0.3, 0.4) is 0 Å². The molecule has 1 fully saturated rings. The molecule has 1 atom stereocenters. The number of amides is 1. The smallest absolute Gasteiger partial charge is 0.407 e. The molecule has 2 aromatic rings. The fourth-order valence-corrected chi connectivity index (χ4v) is 5.89. The molecule has 7 heteroatoms. The maximum Gasteiger partial charge on any atom is 0.407 e. The van der Waals surface area contributed by atoms with Gasteiger partial charge in [0.25, 0.3) is 0 Å². The average molecular weight is 450 g/mol. The minimum absolute atomic E-state index is 0.00915. The average Bonchev–Trinajstić information content (AvgIpc) is 3.30. The van der Waals surface area contributed by atoms with Gasteiger partial charge in [-0.25, -0.2) is 9.78 Å². The van der Waals surface area contributed by atoms with Crippen molar-refractivity contribution in [1.82, 2.24) is 15.3 Å². The van der Waals surface area contributed by atoms with Gasteiger partial charge in [0, 0.05) is 24.1 Å². The summed E-state index contributed by atoms with van der Waals surface area (Å²) in [5.41, 5.74) is 11.1. The summed E-state index contributed by atoms with van der Waals surface area (Å²) in [5, 5.41) is 3.03. The summed E-state index contributed by atoms with van der Waals surface area (Å²) >= 11 is 0. The quantitative estimate of drug-likeness (QED) is 0.722. The fraction of sp³-hybridized carbons (Fsp3) is 0.577. The van der Waals surface area contributed by atoms with Crippen LogP contribution in [0.2, 0.25) is 0 Å². The van der Waals surface area contributed by atoms with E-state index in [1.807, 2.05) is 20.8 Å². The lowest BCUT2D eigenvalue weighted by atomic mass is 9.76. The molecule has 0 saturated carbocycles. The summed E-state index contributed by atoms with van der Waals surface area (Å²) in [6.45, 7) is 7.17. The second-order valence-corrected chi connectivity index (χ2v) is 10.9. The van der Waals surface area contributed by atoms with E-state index in [-0.39, 0.29) is 17.6 Å². The van der Waals surface area contributed by atoms with Crippen LogP contribution in [0.15, 0.2) is 24.3 Å². The van der Waals surface area contributed by atoms with Crippen LogP contribution in [0.4, 0.5) is 16.6 Å². The first-order chi connectivity index (χ1) is 15.7. The predicted molar refractivity (Wildman–Crippen MR) is 130 cm³/mol. The van der Waals surface area contributed by atoms with Gasteiger partial charge in [-0.3, -0.25) is 0 Å². The van der Waals surface area contributed by atoms with E-state index >= 15 is 0 Å². The van der Waals surface area contributed by atoms with E-state index in [9.17, 15) is 4.79 Å². The lowest BCUT2D eigenvalue weighted by molar-refractivity contribution is 0.0509. The van der Waals surface area contributed by atoms with Crippen molar-refractivity contribution in [3.05, 3.63) is 46.6 Å². The van der Waals surface area contributed by atoms with Gasteiger partial charge in [0.2, 0.25) is 5.95 Å². The van der Waals surface area contributed by atoms with Crippen molar-refractivity contribution in [1.29, 1.82) is 0 Å². The van der Waals surface area contributed by atoms with E-state index in [0.29, 0.717) is 12.5 Å². The molecule has 33 heavy (non-hydrogen) atoms. The first-order valence-corrected chi connectivity index (χ1v) is 12.2. The van der Waals surface area contributed by atoms with Gasteiger partial charge < -0.3 is 20.7 Å². The van der Waals surface area contributed by atoms with Crippen LogP contribution >= 0.6 is 0 Å². The van der Waals surface area contributed by atoms with Crippen LogP contribution in [0.5, 0.6) is 0 Å². The number of nitrogens with two attached hydrogens (primary N) is 1. The highest BCUT2D eigenvalue weighted by Crippen LogP contribution is 2.47. The highest BCUT2D eigenvalue weighted by Gasteiger charge is 2.43. The maximum absolute atomic E-state index is 12.3. The number of nitrogen functional groups attached to an aromatic ring is 1. The third-order valence-corrected chi connectivity index (χ3v) is 7.22. The third kappa shape index (κ3) is 4.37. The van der Waals surface area contributed by atoms with E-state index in [1.165, 1.54) is 23.1 Å². The van der Waals surface area contributed by atoms with E-state index in [4.69, 9.17) is 20.4 Å². The molecule has 7 nitrogen and oxygen atoms in total. The van der Waals surface area contributed by atoms with Gasteiger partial charge in [-0.15, -0.1) is 0 Å². The number of nitrogens with one attached hydrogen (secondary N) is 1. The normalized spacial score (nSPS) is 21.4. The Morgan fingerprint density at radius 3 is 2.61 bits per heavy atom. The standard InChI is InChI=1S/C26H35N5O2/c1-25(2,3)33-24(32)28-19-11-13-31(16-19)22-20-10-6-7-12-26(21(20)29-23(27)30-22)14-17-8-4-5-9-18(17)15-26/h4-5,8-9,19H,6-7,10-16H2,1-3H3,(H,28,32)(H2,27,29,30). The molecule has 0 bridgehead atoms. The molecular formula is C26H35N5O2. The molecule has 1 spiro atoms. The lowest BCUT2D eigenvalue weighted by Crippen LogP contribution is -2.40. The van der Waals surface area contributed by atoms with Gasteiger partial charge in [-0.05, 0) is 70.4 Å². The fourth-order valence-electron chi connectivity index (χ4n) is 5.89. The number of hydrogen-bond acceptors (Lipinski definition) is 6. The van der Waals surface area contributed by atoms with Crippen LogP contribution in [-0.4, -0.2) is 40.8 Å². The Morgan fingerprint density at radius 1 is 1.18 bits per heavy atom. The number of anilines is 2. The second kappa shape index (κ2) is 8.19. The SMILES string of the molecule is CC(C)(C)OC(=O)NC1CCN(c2nc(N)nc3c2CCCCC32Cc3ccccc3C2)C1. The Hall–Kier alpha value is -2.83. The van der Waals surface area contributed by atoms with Gasteiger partial charge >= 0.3 is 6.09 Å². The molecule has 1 aliphatic heterocycles. The van der Waals surface area contributed by atoms with Crippen molar-refractivity contribution in [3.63, 3.8) is 0 Å². The maximum atomic E-state index is 12.3. The van der Waals surface area contributed by atoms with Crippen molar-refractivity contribution in [2.45, 2.75) is 82.8 Å². The molecule has 176 valence electrons. The number of carbonyl (C=O) groups is 1. The summed E-state index contributed by atoms with van der Waals surface area (Å²) in [4.78, 5) is 24.2. The summed E-state index contributed by atoms with van der Waals surface area (Å²) in [7, 11) is 0. The number of aromatic nitrogens is 2. The van der Waals surface area contributed by atoms with Crippen LogP contribution in [0.1, 0.15) is 68.8 Å². The van der Waals surface area contributed by atoms with Crippen LogP contribution in [0, 0.1) is 0 Å². The minimum atomic E-state index is -0.506. The van der Waals surface area contributed by atoms with Crippen molar-refractivity contribution >= 4 is 17.9 Å². The van der Waals surface area contributed by atoms with E-state index < -0.39 is 5.60 Å². The molecule has 3 N–H and O–H groups in total. The molecule has 1 unspecified atom stereocenters. The molecular weight excluding hydrogens is 414 g/mol. The van der Waals surface area contributed by atoms with Crippen molar-refractivity contribution < 1.29 is 9.53 Å². The Bertz CT molecular complexity index is 1040. The molecule has 1 amide bonds. The minimum Gasteiger partial charge on any atom is -0.444 e. The zero-order valence-corrected chi connectivity index (χ0v) is 20.0. The highest BCUT2D eigenvalue weighted by atomic mass is 16.6. The Morgan fingerprint density at radius 2 is 1.91 bits per heavy atom. The van der Waals surface area contributed by atoms with Crippen LogP contribution < -0.4 is 16.0 Å².